The first-order valence-corrected chi connectivity index (χ1v) is 18.3. The maximum atomic E-state index is 14.7. The van der Waals surface area contributed by atoms with E-state index in [-0.39, 0.29) is 32.0 Å². The molecule has 3 saturated heterocycles. The van der Waals surface area contributed by atoms with E-state index < -0.39 is 35.5 Å². The van der Waals surface area contributed by atoms with E-state index >= 15 is 0 Å². The molecule has 1 aromatic heterocycles. The zero-order chi connectivity index (χ0) is 34.0. The number of pyridine rings is 1. The van der Waals surface area contributed by atoms with Crippen LogP contribution >= 0.6 is 11.8 Å². The van der Waals surface area contributed by atoms with E-state index in [1.54, 1.807) is 11.9 Å². The number of thioether (sulfide) groups is 1. The summed E-state index contributed by atoms with van der Waals surface area (Å²) in [4.78, 5) is 43.0. The van der Waals surface area contributed by atoms with Crippen LogP contribution in [0.1, 0.15) is 48.9 Å². The average molecular weight is 690 g/mol. The van der Waals surface area contributed by atoms with Gasteiger partial charge in [-0.2, -0.15) is 5.26 Å². The van der Waals surface area contributed by atoms with Crippen LogP contribution in [0.5, 0.6) is 5.88 Å². The third kappa shape index (κ3) is 5.33. The largest absolute Gasteiger partial charge is 0.474 e. The zero-order valence-corrected chi connectivity index (χ0v) is 28.6. The molecule has 7 heterocycles. The van der Waals surface area contributed by atoms with Gasteiger partial charge in [-0.25, -0.2) is 13.8 Å². The molecule has 6 aliphatic rings. The number of fused-ring (bicyclic) bond motifs is 7. The second-order valence-corrected chi connectivity index (χ2v) is 15.4. The molecule has 0 saturated carbocycles. The lowest BCUT2D eigenvalue weighted by Gasteiger charge is -2.51. The highest BCUT2D eigenvalue weighted by Gasteiger charge is 2.51. The number of nitrogens with zero attached hydrogens (tertiary/aromatic N) is 7. The van der Waals surface area contributed by atoms with Crippen molar-refractivity contribution in [1.82, 2.24) is 14.8 Å². The molecule has 2 amide bonds. The molecule has 6 aliphatic heterocycles. The summed E-state index contributed by atoms with van der Waals surface area (Å²) in [6.45, 7) is 6.11. The second-order valence-electron chi connectivity index (χ2n) is 14.2. The minimum atomic E-state index is -1.12. The summed E-state index contributed by atoms with van der Waals surface area (Å²) in [7, 11) is 1.69. The molecule has 13 heteroatoms. The molecular weight excluding hydrogens is 649 g/mol. The molecule has 0 N–H and O–H groups in total. The molecule has 10 nitrogen and oxygen atoms in total. The number of hydrogen-bond donors (Lipinski definition) is 0. The van der Waals surface area contributed by atoms with E-state index in [0.717, 1.165) is 61.5 Å². The van der Waals surface area contributed by atoms with Gasteiger partial charge >= 0.3 is 0 Å². The molecule has 3 fully saturated rings. The molecule has 0 aliphatic carbocycles. The third-order valence-electron chi connectivity index (χ3n) is 11.4. The first-order valence-electron chi connectivity index (χ1n) is 17.3. The van der Waals surface area contributed by atoms with Gasteiger partial charge in [0, 0.05) is 49.2 Å². The number of rotatable bonds is 6. The van der Waals surface area contributed by atoms with Crippen LogP contribution in [0, 0.1) is 11.3 Å². The molecule has 258 valence electrons. The van der Waals surface area contributed by atoms with Crippen LogP contribution in [-0.4, -0.2) is 103 Å². The van der Waals surface area contributed by atoms with Crippen LogP contribution in [0.15, 0.2) is 35.5 Å². The summed E-state index contributed by atoms with van der Waals surface area (Å²) >= 11 is 1.90. The Balaban J connectivity index is 1.22. The van der Waals surface area contributed by atoms with Crippen molar-refractivity contribution in [2.45, 2.75) is 80.2 Å². The number of alkyl halides is 1. The quantitative estimate of drug-likeness (QED) is 0.410. The van der Waals surface area contributed by atoms with Crippen LogP contribution in [0.25, 0.3) is 0 Å². The maximum absolute atomic E-state index is 14.7. The normalized spacial score (nSPS) is 27.6. The van der Waals surface area contributed by atoms with Crippen LogP contribution in [0.2, 0.25) is 0 Å². The lowest BCUT2D eigenvalue weighted by Crippen LogP contribution is -2.66. The number of ether oxygens (including phenoxy) is 1. The average Bonchev–Trinajstić information content (AvgIpc) is 3.63. The van der Waals surface area contributed by atoms with Crippen molar-refractivity contribution in [2.24, 2.45) is 0 Å². The van der Waals surface area contributed by atoms with Crippen molar-refractivity contribution in [3.8, 4) is 11.9 Å². The summed E-state index contributed by atoms with van der Waals surface area (Å²) in [6, 6.07) is 7.24. The highest BCUT2D eigenvalue weighted by Crippen LogP contribution is 2.49. The van der Waals surface area contributed by atoms with Crippen molar-refractivity contribution >= 4 is 40.6 Å². The standard InChI is InChI=1S/C36H41F2N7O3S/c1-22(37)34(46)44-20-29-35(47)41(2)32-31(45(29)18-24(44)9-12-39)25-10-14-42(28-7-3-8-30-26(28)6-4-15-49-30)19-27(25)40-33(32)48-21-36-11-5-13-43(36)17-23(38)16-36/h3,7-8,23-24,29H,1,4-6,9-11,13-21H2,2H3/t23-,24+,29?,36?/m1/s1. The van der Waals surface area contributed by atoms with E-state index in [0.29, 0.717) is 37.5 Å². The lowest BCUT2D eigenvalue weighted by atomic mass is 9.92. The van der Waals surface area contributed by atoms with Crippen molar-refractivity contribution in [1.29, 1.82) is 5.26 Å². The predicted molar refractivity (Wildman–Crippen MR) is 184 cm³/mol. The Morgan fingerprint density at radius 1 is 1.18 bits per heavy atom. The minimum absolute atomic E-state index is 0.0219. The number of nitriles is 1. The van der Waals surface area contributed by atoms with Crippen LogP contribution in [-0.2, 0) is 29.0 Å². The number of halogens is 2. The number of anilines is 3. The van der Waals surface area contributed by atoms with Gasteiger partial charge < -0.3 is 24.3 Å². The third-order valence-corrected chi connectivity index (χ3v) is 12.6. The van der Waals surface area contributed by atoms with Crippen LogP contribution in [0.4, 0.5) is 25.8 Å². The van der Waals surface area contributed by atoms with Gasteiger partial charge in [-0.3, -0.25) is 14.5 Å². The Morgan fingerprint density at radius 2 is 2.04 bits per heavy atom. The Hall–Kier alpha value is -3.89. The Labute approximate surface area is 289 Å². The number of amides is 2. The Morgan fingerprint density at radius 3 is 2.86 bits per heavy atom. The topological polar surface area (TPSA) is 96.3 Å². The monoisotopic (exact) mass is 689 g/mol. The molecule has 0 bridgehead atoms. The summed E-state index contributed by atoms with van der Waals surface area (Å²) in [5.74, 6) is -0.826. The van der Waals surface area contributed by atoms with Gasteiger partial charge in [-0.1, -0.05) is 12.6 Å². The Kier molecular flexibility index (Phi) is 8.22. The molecule has 4 atom stereocenters. The van der Waals surface area contributed by atoms with Gasteiger partial charge in [0.1, 0.15) is 24.5 Å². The fourth-order valence-electron chi connectivity index (χ4n) is 9.12. The van der Waals surface area contributed by atoms with E-state index in [2.05, 4.69) is 40.6 Å². The number of carbonyl (C=O) groups is 2. The molecule has 8 rings (SSSR count). The smallest absolute Gasteiger partial charge is 0.282 e. The van der Waals surface area contributed by atoms with Crippen LogP contribution in [0.3, 0.4) is 0 Å². The van der Waals surface area contributed by atoms with E-state index in [1.807, 2.05) is 16.7 Å². The highest BCUT2D eigenvalue weighted by atomic mass is 32.2. The van der Waals surface area contributed by atoms with Gasteiger partial charge in [0.25, 0.3) is 11.8 Å². The van der Waals surface area contributed by atoms with Crippen molar-refractivity contribution in [2.75, 3.05) is 66.8 Å². The number of aromatic nitrogens is 1. The summed E-state index contributed by atoms with van der Waals surface area (Å²) in [5.41, 5.74) is 5.43. The first-order chi connectivity index (χ1) is 23.7. The maximum Gasteiger partial charge on any atom is 0.282 e. The van der Waals surface area contributed by atoms with Gasteiger partial charge in [-0.15, -0.1) is 11.8 Å². The second kappa shape index (κ2) is 12.5. The predicted octanol–water partition coefficient (Wildman–Crippen LogP) is 4.40. The first kappa shape index (κ1) is 32.3. The Bertz CT molecular complexity index is 1770. The fraction of sp³-hybridized carbons (Fsp3) is 0.556. The van der Waals surface area contributed by atoms with Crippen molar-refractivity contribution < 1.29 is 23.1 Å². The minimum Gasteiger partial charge on any atom is -0.474 e. The van der Waals surface area contributed by atoms with Gasteiger partial charge in [-0.05, 0) is 62.1 Å². The number of benzene rings is 1. The van der Waals surface area contributed by atoms with E-state index in [1.165, 1.54) is 21.0 Å². The fourth-order valence-corrected chi connectivity index (χ4v) is 10.2. The number of hydrogen-bond acceptors (Lipinski definition) is 9. The highest BCUT2D eigenvalue weighted by molar-refractivity contribution is 7.99. The van der Waals surface area contributed by atoms with E-state index in [9.17, 15) is 23.6 Å². The molecule has 0 spiro atoms. The summed E-state index contributed by atoms with van der Waals surface area (Å²) < 4.78 is 35.6. The zero-order valence-electron chi connectivity index (χ0n) is 27.8. The van der Waals surface area contributed by atoms with Gasteiger partial charge in [0.15, 0.2) is 5.83 Å². The molecule has 49 heavy (non-hydrogen) atoms. The summed E-state index contributed by atoms with van der Waals surface area (Å²) in [6.07, 6.45) is 4.14. The van der Waals surface area contributed by atoms with Crippen molar-refractivity contribution in [3.63, 3.8) is 0 Å². The SMILES string of the molecule is C=C(F)C(=O)N1CC2C(=O)N(C)c3c(OCC45CCCN4C[C@H](F)C5)nc4c(c3N2C[C@@H]1CC#N)CCN(c1cccc2c1CCCS2)C4. The molecular formula is C36H41F2N7O3S. The van der Waals surface area contributed by atoms with Gasteiger partial charge in [0.05, 0.1) is 48.5 Å². The van der Waals surface area contributed by atoms with Crippen molar-refractivity contribution in [3.05, 3.63) is 47.4 Å². The number of likely N-dealkylation sites (N-methyl/N-ethyl adjacent to an activating group) is 1. The lowest BCUT2D eigenvalue weighted by molar-refractivity contribution is -0.133. The summed E-state index contributed by atoms with van der Waals surface area (Å²) in [5, 5.41) is 9.70. The van der Waals surface area contributed by atoms with Gasteiger partial charge in [0.2, 0.25) is 5.88 Å². The number of carbonyl (C=O) groups excluding carboxylic acids is 2. The molecule has 0 radical (unpaired) electrons. The van der Waals surface area contributed by atoms with E-state index in [4.69, 9.17) is 9.72 Å². The molecule has 1 aromatic carbocycles. The van der Waals surface area contributed by atoms with Crippen LogP contribution < -0.4 is 19.4 Å². The molecule has 2 unspecified atom stereocenters. The number of piperazine rings is 1. The molecule has 2 aromatic rings.